The first-order valence-electron chi connectivity index (χ1n) is 7.83. The second-order valence-electron chi connectivity index (χ2n) is 5.02. The van der Waals surface area contributed by atoms with Crippen molar-refractivity contribution in [1.29, 1.82) is 0 Å². The molecular weight excluding hydrogens is 294 g/mol. The minimum Gasteiger partial charge on any atom is -0.494 e. The Kier molecular flexibility index (Phi) is 6.17. The highest BCUT2D eigenvalue weighted by Crippen LogP contribution is 2.20. The highest BCUT2D eigenvalue weighted by Gasteiger charge is 2.20. The molecule has 0 aliphatic carbocycles. The number of aliphatic hydroxyl groups is 1. The van der Waals surface area contributed by atoms with Crippen LogP contribution in [-0.4, -0.2) is 45.5 Å². The summed E-state index contributed by atoms with van der Waals surface area (Å²) in [6.07, 6.45) is 1.61. The van der Waals surface area contributed by atoms with Gasteiger partial charge in [-0.3, -0.25) is 9.48 Å². The van der Waals surface area contributed by atoms with Crippen LogP contribution in [0.15, 0.2) is 36.5 Å². The van der Waals surface area contributed by atoms with Crippen LogP contribution in [0.5, 0.6) is 5.75 Å². The number of hydrogen-bond acceptors (Lipinski definition) is 4. The van der Waals surface area contributed by atoms with Crippen molar-refractivity contribution in [2.45, 2.75) is 26.9 Å². The van der Waals surface area contributed by atoms with Crippen LogP contribution in [-0.2, 0) is 13.1 Å². The van der Waals surface area contributed by atoms with Gasteiger partial charge >= 0.3 is 0 Å². The number of benzene rings is 1. The second kappa shape index (κ2) is 8.33. The summed E-state index contributed by atoms with van der Waals surface area (Å²) < 4.78 is 7.27. The largest absolute Gasteiger partial charge is 0.494 e. The Morgan fingerprint density at radius 3 is 2.78 bits per heavy atom. The quantitative estimate of drug-likeness (QED) is 0.808. The molecule has 1 aromatic carbocycles. The zero-order valence-corrected chi connectivity index (χ0v) is 13.6. The van der Waals surface area contributed by atoms with Crippen molar-refractivity contribution in [1.82, 2.24) is 14.7 Å². The van der Waals surface area contributed by atoms with Crippen LogP contribution in [0.3, 0.4) is 0 Å². The molecule has 0 bridgehead atoms. The number of nitrogens with zero attached hydrogens (tertiary/aromatic N) is 3. The molecule has 1 heterocycles. The fourth-order valence-electron chi connectivity index (χ4n) is 2.44. The molecule has 0 fully saturated rings. The number of rotatable bonds is 8. The number of aryl methyl sites for hydroxylation is 1. The van der Waals surface area contributed by atoms with Gasteiger partial charge in [-0.05, 0) is 26.0 Å². The molecule has 0 spiro atoms. The van der Waals surface area contributed by atoms with Crippen molar-refractivity contribution >= 4 is 5.91 Å². The Bertz CT molecular complexity index is 640. The third-order valence-corrected chi connectivity index (χ3v) is 3.53. The molecule has 0 unspecified atom stereocenters. The van der Waals surface area contributed by atoms with Crippen molar-refractivity contribution < 1.29 is 14.6 Å². The first-order chi connectivity index (χ1) is 11.2. The Hall–Kier alpha value is -2.34. The maximum absolute atomic E-state index is 12.8. The van der Waals surface area contributed by atoms with Crippen molar-refractivity contribution in [3.05, 3.63) is 47.8 Å². The van der Waals surface area contributed by atoms with Crippen LogP contribution in [0.2, 0.25) is 0 Å². The van der Waals surface area contributed by atoms with E-state index >= 15 is 0 Å². The number of aliphatic hydroxyl groups excluding tert-OH is 1. The van der Waals surface area contributed by atoms with E-state index in [1.807, 2.05) is 38.1 Å². The fraction of sp³-hybridized carbons (Fsp3) is 0.412. The molecule has 0 saturated heterocycles. The van der Waals surface area contributed by atoms with Gasteiger partial charge in [0.05, 0.1) is 13.2 Å². The lowest BCUT2D eigenvalue weighted by atomic mass is 10.1. The van der Waals surface area contributed by atoms with E-state index in [0.717, 1.165) is 11.3 Å². The number of aromatic nitrogens is 2. The van der Waals surface area contributed by atoms with E-state index in [9.17, 15) is 9.90 Å². The molecule has 6 heteroatoms. The van der Waals surface area contributed by atoms with E-state index in [1.165, 1.54) is 0 Å². The summed E-state index contributed by atoms with van der Waals surface area (Å²) in [7, 11) is 0. The molecule has 2 aromatic rings. The number of amides is 1. The van der Waals surface area contributed by atoms with E-state index in [1.54, 1.807) is 21.8 Å². The summed E-state index contributed by atoms with van der Waals surface area (Å²) in [5.74, 6) is 0.611. The van der Waals surface area contributed by atoms with Crippen molar-refractivity contribution in [3.63, 3.8) is 0 Å². The van der Waals surface area contributed by atoms with Gasteiger partial charge in [0.25, 0.3) is 5.91 Å². The summed E-state index contributed by atoms with van der Waals surface area (Å²) >= 11 is 0. The van der Waals surface area contributed by atoms with Crippen LogP contribution in [0, 0.1) is 0 Å². The summed E-state index contributed by atoms with van der Waals surface area (Å²) in [6, 6.07) is 9.33. The molecule has 124 valence electrons. The van der Waals surface area contributed by atoms with E-state index in [4.69, 9.17) is 4.74 Å². The molecule has 0 aliphatic heterocycles. The minimum absolute atomic E-state index is 0.0944. The smallest absolute Gasteiger partial charge is 0.272 e. The van der Waals surface area contributed by atoms with Crippen molar-refractivity contribution in [2.24, 2.45) is 0 Å². The number of carbonyl (C=O) groups is 1. The molecule has 1 aromatic heterocycles. The molecule has 0 aliphatic rings. The zero-order valence-electron chi connectivity index (χ0n) is 13.6. The maximum Gasteiger partial charge on any atom is 0.272 e. The monoisotopic (exact) mass is 317 g/mol. The van der Waals surface area contributed by atoms with Gasteiger partial charge in [0, 0.05) is 31.4 Å². The Labute approximate surface area is 136 Å². The summed E-state index contributed by atoms with van der Waals surface area (Å²) in [4.78, 5) is 14.4. The van der Waals surface area contributed by atoms with E-state index in [-0.39, 0.29) is 19.1 Å². The lowest BCUT2D eigenvalue weighted by molar-refractivity contribution is 0.0694. The summed E-state index contributed by atoms with van der Waals surface area (Å²) in [6.45, 7) is 5.59. The lowest BCUT2D eigenvalue weighted by Crippen LogP contribution is -2.34. The van der Waals surface area contributed by atoms with Gasteiger partial charge in [-0.25, -0.2) is 0 Å². The highest BCUT2D eigenvalue weighted by atomic mass is 16.5. The van der Waals surface area contributed by atoms with Crippen LogP contribution in [0.25, 0.3) is 0 Å². The number of ether oxygens (including phenoxy) is 1. The first-order valence-corrected chi connectivity index (χ1v) is 7.83. The fourth-order valence-corrected chi connectivity index (χ4v) is 2.44. The normalized spacial score (nSPS) is 10.6. The average Bonchev–Trinajstić information content (AvgIpc) is 3.04. The van der Waals surface area contributed by atoms with Gasteiger partial charge in [0.2, 0.25) is 0 Å². The van der Waals surface area contributed by atoms with Crippen LogP contribution >= 0.6 is 0 Å². The predicted octanol–water partition coefficient (Wildman–Crippen LogP) is 1.94. The van der Waals surface area contributed by atoms with E-state index < -0.39 is 0 Å². The second-order valence-corrected chi connectivity index (χ2v) is 5.02. The molecule has 1 amide bonds. The van der Waals surface area contributed by atoms with Gasteiger partial charge in [0.15, 0.2) is 0 Å². The number of carbonyl (C=O) groups excluding carboxylic acids is 1. The molecule has 1 N–H and O–H groups in total. The van der Waals surface area contributed by atoms with Crippen LogP contribution in [0.1, 0.15) is 29.9 Å². The van der Waals surface area contributed by atoms with Gasteiger partial charge in [-0.2, -0.15) is 5.10 Å². The molecule has 6 nitrogen and oxygen atoms in total. The summed E-state index contributed by atoms with van der Waals surface area (Å²) in [5.41, 5.74) is 1.44. The van der Waals surface area contributed by atoms with Crippen molar-refractivity contribution in [2.75, 3.05) is 19.8 Å². The Balaban J connectivity index is 2.24. The minimum atomic E-state index is -0.148. The molecule has 0 saturated carbocycles. The molecular formula is C17H23N3O3. The van der Waals surface area contributed by atoms with Gasteiger partial charge in [-0.15, -0.1) is 0 Å². The van der Waals surface area contributed by atoms with Gasteiger partial charge < -0.3 is 14.7 Å². The molecule has 0 atom stereocenters. The molecule has 2 rings (SSSR count). The SMILES string of the molecule is CCOc1ccccc1CN(CCO)C(=O)c1ccnn1CC. The Morgan fingerprint density at radius 2 is 2.09 bits per heavy atom. The average molecular weight is 317 g/mol. The molecule has 23 heavy (non-hydrogen) atoms. The zero-order chi connectivity index (χ0) is 16.7. The molecule has 0 radical (unpaired) electrons. The number of para-hydroxylation sites is 1. The van der Waals surface area contributed by atoms with Crippen LogP contribution in [0.4, 0.5) is 0 Å². The highest BCUT2D eigenvalue weighted by molar-refractivity contribution is 5.92. The lowest BCUT2D eigenvalue weighted by Gasteiger charge is -2.23. The van der Waals surface area contributed by atoms with E-state index in [0.29, 0.717) is 25.4 Å². The van der Waals surface area contributed by atoms with Crippen LogP contribution < -0.4 is 4.74 Å². The van der Waals surface area contributed by atoms with Gasteiger partial charge in [-0.1, -0.05) is 18.2 Å². The van der Waals surface area contributed by atoms with Crippen molar-refractivity contribution in [3.8, 4) is 5.75 Å². The third kappa shape index (κ3) is 4.10. The Morgan fingerprint density at radius 1 is 1.30 bits per heavy atom. The maximum atomic E-state index is 12.8. The first kappa shape index (κ1) is 17.0. The van der Waals surface area contributed by atoms with Gasteiger partial charge in [0.1, 0.15) is 11.4 Å². The van der Waals surface area contributed by atoms with E-state index in [2.05, 4.69) is 5.10 Å². The third-order valence-electron chi connectivity index (χ3n) is 3.53. The summed E-state index contributed by atoms with van der Waals surface area (Å²) in [5, 5.41) is 13.4. The predicted molar refractivity (Wildman–Crippen MR) is 87.3 cm³/mol. The number of hydrogen-bond donors (Lipinski definition) is 1. The standard InChI is InChI=1S/C17H23N3O3/c1-3-20-15(9-10-18-20)17(22)19(11-12-21)13-14-7-5-6-8-16(14)23-4-2/h5-10,21H,3-4,11-13H2,1-2H3. The topological polar surface area (TPSA) is 67.6 Å².